The van der Waals surface area contributed by atoms with Crippen LogP contribution in [-0.2, 0) is 12.8 Å². The molecule has 2 aromatic heterocycles. The third-order valence-electron chi connectivity index (χ3n) is 4.82. The number of halogens is 3. The van der Waals surface area contributed by atoms with Crippen molar-refractivity contribution in [2.75, 3.05) is 20.1 Å². The number of nitrogens with one attached hydrogen (secondary N) is 3. The number of guanidine groups is 1. The number of hydrogen-bond acceptors (Lipinski definition) is 4. The van der Waals surface area contributed by atoms with Crippen LogP contribution >= 0.6 is 35.6 Å². The van der Waals surface area contributed by atoms with Crippen LogP contribution in [0.3, 0.4) is 0 Å². The summed E-state index contributed by atoms with van der Waals surface area (Å²) in [4.78, 5) is 11.7. The fourth-order valence-electron chi connectivity index (χ4n) is 3.29. The standard InChI is InChI=1S/C22H22ClFN6O.HI/c1-25-22(26-9-7-15-13-28-19-12-17(24)5-6-18(15)19)27-10-8-20-29-21(30-31-20)14-3-2-4-16(23)11-14;/h2-6,11-13,28H,7-10H2,1H3,(H2,25,26,27);1H. The summed E-state index contributed by atoms with van der Waals surface area (Å²) >= 11 is 6.01. The summed E-state index contributed by atoms with van der Waals surface area (Å²) in [6.45, 7) is 1.27. The van der Waals surface area contributed by atoms with Crippen LogP contribution in [0.4, 0.5) is 4.39 Å². The molecule has 0 amide bonds. The molecule has 0 aliphatic rings. The van der Waals surface area contributed by atoms with Crippen LogP contribution in [0, 0.1) is 5.82 Å². The first-order chi connectivity index (χ1) is 15.1. The molecule has 7 nitrogen and oxygen atoms in total. The molecular weight excluding hydrogens is 546 g/mol. The van der Waals surface area contributed by atoms with Gasteiger partial charge < -0.3 is 20.1 Å². The number of aromatic amines is 1. The van der Waals surface area contributed by atoms with Gasteiger partial charge in [0.25, 0.3) is 0 Å². The van der Waals surface area contributed by atoms with Crippen molar-refractivity contribution in [3.63, 3.8) is 0 Å². The first kappa shape index (κ1) is 24.0. The van der Waals surface area contributed by atoms with E-state index in [4.69, 9.17) is 16.1 Å². The molecule has 10 heteroatoms. The molecule has 0 aliphatic carbocycles. The number of H-pyrrole nitrogens is 1. The molecule has 0 radical (unpaired) electrons. The van der Waals surface area contributed by atoms with Crippen molar-refractivity contribution in [1.29, 1.82) is 0 Å². The number of hydrogen-bond donors (Lipinski definition) is 3. The molecule has 2 aromatic carbocycles. The maximum absolute atomic E-state index is 13.3. The lowest BCUT2D eigenvalue weighted by molar-refractivity contribution is 0.378. The largest absolute Gasteiger partial charge is 0.361 e. The van der Waals surface area contributed by atoms with E-state index in [1.165, 1.54) is 12.1 Å². The lowest BCUT2D eigenvalue weighted by Gasteiger charge is -2.10. The van der Waals surface area contributed by atoms with E-state index in [1.54, 1.807) is 25.2 Å². The number of rotatable bonds is 7. The molecular formula is C22H23ClFIN6O. The van der Waals surface area contributed by atoms with Gasteiger partial charge in [0.1, 0.15) is 5.82 Å². The molecule has 0 unspecified atom stereocenters. The van der Waals surface area contributed by atoms with Gasteiger partial charge in [0.05, 0.1) is 0 Å². The molecule has 2 heterocycles. The van der Waals surface area contributed by atoms with Gasteiger partial charge in [-0.25, -0.2) is 4.39 Å². The van der Waals surface area contributed by atoms with Crippen molar-refractivity contribution in [2.45, 2.75) is 12.8 Å². The highest BCUT2D eigenvalue weighted by Gasteiger charge is 2.09. The average Bonchev–Trinajstić information content (AvgIpc) is 3.39. The topological polar surface area (TPSA) is 91.1 Å². The second-order valence-electron chi connectivity index (χ2n) is 6.95. The van der Waals surface area contributed by atoms with Crippen LogP contribution in [-0.4, -0.2) is 41.2 Å². The third kappa shape index (κ3) is 5.98. The van der Waals surface area contributed by atoms with E-state index in [9.17, 15) is 4.39 Å². The minimum atomic E-state index is -0.246. The van der Waals surface area contributed by atoms with E-state index in [-0.39, 0.29) is 29.8 Å². The van der Waals surface area contributed by atoms with Gasteiger partial charge in [0, 0.05) is 54.2 Å². The third-order valence-corrected chi connectivity index (χ3v) is 5.06. The summed E-state index contributed by atoms with van der Waals surface area (Å²) < 4.78 is 18.6. The Hall–Kier alpha value is -2.66. The SMILES string of the molecule is CN=C(NCCc1nc(-c2cccc(Cl)c2)no1)NCCc1c[nH]c2cc(F)ccc12.I. The molecule has 0 saturated heterocycles. The van der Waals surface area contributed by atoms with Gasteiger partial charge in [-0.3, -0.25) is 4.99 Å². The second kappa shape index (κ2) is 11.3. The zero-order valence-corrected chi connectivity index (χ0v) is 20.4. The highest BCUT2D eigenvalue weighted by atomic mass is 127. The molecule has 32 heavy (non-hydrogen) atoms. The van der Waals surface area contributed by atoms with Crippen LogP contribution in [0.1, 0.15) is 11.5 Å². The van der Waals surface area contributed by atoms with Gasteiger partial charge in [0.2, 0.25) is 11.7 Å². The minimum Gasteiger partial charge on any atom is -0.361 e. The van der Waals surface area contributed by atoms with Gasteiger partial charge in [-0.05, 0) is 42.3 Å². The summed E-state index contributed by atoms with van der Waals surface area (Å²) in [5.41, 5.74) is 2.74. The van der Waals surface area contributed by atoms with Crippen LogP contribution < -0.4 is 10.6 Å². The van der Waals surface area contributed by atoms with Gasteiger partial charge in [-0.1, -0.05) is 28.9 Å². The van der Waals surface area contributed by atoms with Crippen molar-refractivity contribution in [3.05, 3.63) is 71.0 Å². The maximum Gasteiger partial charge on any atom is 0.228 e. The zero-order valence-electron chi connectivity index (χ0n) is 17.4. The van der Waals surface area contributed by atoms with Gasteiger partial charge >= 0.3 is 0 Å². The molecule has 0 spiro atoms. The summed E-state index contributed by atoms with van der Waals surface area (Å²) in [5, 5.41) is 12.2. The lowest BCUT2D eigenvalue weighted by atomic mass is 10.1. The summed E-state index contributed by atoms with van der Waals surface area (Å²) in [6, 6.07) is 12.1. The Balaban J connectivity index is 0.00000289. The number of fused-ring (bicyclic) bond motifs is 1. The predicted octanol–water partition coefficient (Wildman–Crippen LogP) is 4.58. The Morgan fingerprint density at radius 2 is 1.97 bits per heavy atom. The number of aliphatic imine (C=N–C) groups is 1. The van der Waals surface area contributed by atoms with E-state index < -0.39 is 0 Å². The number of benzene rings is 2. The second-order valence-corrected chi connectivity index (χ2v) is 7.39. The molecule has 0 bridgehead atoms. The van der Waals surface area contributed by atoms with Crippen LogP contribution in [0.15, 0.2) is 58.2 Å². The first-order valence-corrected chi connectivity index (χ1v) is 10.3. The van der Waals surface area contributed by atoms with Crippen molar-refractivity contribution in [3.8, 4) is 11.4 Å². The highest BCUT2D eigenvalue weighted by Crippen LogP contribution is 2.20. The van der Waals surface area contributed by atoms with E-state index in [0.717, 1.165) is 28.5 Å². The fourth-order valence-corrected chi connectivity index (χ4v) is 3.48. The Kier molecular flexibility index (Phi) is 8.46. The molecule has 168 valence electrons. The van der Waals surface area contributed by atoms with Crippen molar-refractivity contribution >= 4 is 52.4 Å². The van der Waals surface area contributed by atoms with E-state index in [2.05, 4.69) is 30.8 Å². The zero-order chi connectivity index (χ0) is 21.6. The van der Waals surface area contributed by atoms with Gasteiger partial charge in [0.15, 0.2) is 5.96 Å². The molecule has 0 saturated carbocycles. The van der Waals surface area contributed by atoms with Crippen molar-refractivity contribution in [1.82, 2.24) is 25.8 Å². The molecule has 0 aliphatic heterocycles. The van der Waals surface area contributed by atoms with E-state index in [1.807, 2.05) is 18.3 Å². The Morgan fingerprint density at radius 3 is 2.75 bits per heavy atom. The monoisotopic (exact) mass is 568 g/mol. The van der Waals surface area contributed by atoms with E-state index >= 15 is 0 Å². The van der Waals surface area contributed by atoms with Gasteiger partial charge in [-0.15, -0.1) is 24.0 Å². The average molecular weight is 569 g/mol. The number of nitrogens with zero attached hydrogens (tertiary/aromatic N) is 3. The molecule has 4 aromatic rings. The fraction of sp³-hybridized carbons (Fsp3) is 0.227. The summed E-state index contributed by atoms with van der Waals surface area (Å²) in [5.74, 6) is 1.48. The lowest BCUT2D eigenvalue weighted by Crippen LogP contribution is -2.39. The van der Waals surface area contributed by atoms with Crippen LogP contribution in [0.5, 0.6) is 0 Å². The predicted molar refractivity (Wildman–Crippen MR) is 135 cm³/mol. The Bertz CT molecular complexity index is 1210. The van der Waals surface area contributed by atoms with Crippen molar-refractivity contribution < 1.29 is 8.91 Å². The maximum atomic E-state index is 13.3. The highest BCUT2D eigenvalue weighted by molar-refractivity contribution is 14.0. The minimum absolute atomic E-state index is 0. The summed E-state index contributed by atoms with van der Waals surface area (Å²) in [6.07, 6.45) is 3.25. The summed E-state index contributed by atoms with van der Waals surface area (Å²) in [7, 11) is 1.72. The molecule has 4 rings (SSSR count). The van der Waals surface area contributed by atoms with Crippen LogP contribution in [0.2, 0.25) is 5.02 Å². The molecule has 0 atom stereocenters. The quantitative estimate of drug-likeness (QED) is 0.173. The smallest absolute Gasteiger partial charge is 0.228 e. The Morgan fingerprint density at radius 1 is 1.16 bits per heavy atom. The number of aromatic nitrogens is 3. The first-order valence-electron chi connectivity index (χ1n) is 9.91. The molecule has 3 N–H and O–H groups in total. The van der Waals surface area contributed by atoms with E-state index in [0.29, 0.717) is 42.2 Å². The molecule has 0 fully saturated rings. The van der Waals surface area contributed by atoms with Crippen molar-refractivity contribution in [2.24, 2.45) is 4.99 Å². The van der Waals surface area contributed by atoms with Gasteiger partial charge in [-0.2, -0.15) is 4.98 Å². The van der Waals surface area contributed by atoms with Crippen LogP contribution in [0.25, 0.3) is 22.3 Å². The normalized spacial score (nSPS) is 11.4. The Labute approximate surface area is 206 Å².